The van der Waals surface area contributed by atoms with E-state index in [9.17, 15) is 0 Å². The highest BCUT2D eigenvalue weighted by molar-refractivity contribution is 5.83. The number of aryl methyl sites for hydroxylation is 1. The molecule has 1 aromatic heterocycles. The number of para-hydroxylation sites is 1. The second-order valence-electron chi connectivity index (χ2n) is 5.52. The van der Waals surface area contributed by atoms with Crippen molar-refractivity contribution in [3.8, 4) is 0 Å². The summed E-state index contributed by atoms with van der Waals surface area (Å²) in [6.07, 6.45) is 3.26. The normalized spacial score (nSPS) is 12.3. The third-order valence-electron chi connectivity index (χ3n) is 2.70. The minimum absolute atomic E-state index is 0.346. The molecule has 0 saturated heterocycles. The van der Waals surface area contributed by atoms with Gasteiger partial charge in [0, 0.05) is 13.2 Å². The lowest BCUT2D eigenvalue weighted by Crippen LogP contribution is -2.10. The van der Waals surface area contributed by atoms with Gasteiger partial charge in [0.25, 0.3) is 0 Å². The highest BCUT2D eigenvalue weighted by atomic mass is 14.9. The Balaban J connectivity index is 2.55. The van der Waals surface area contributed by atoms with Crippen LogP contribution in [0.25, 0.3) is 10.9 Å². The zero-order valence-electron chi connectivity index (χ0n) is 10.0. The van der Waals surface area contributed by atoms with Gasteiger partial charge in [-0.1, -0.05) is 39.0 Å². The molecule has 0 unspecified atom stereocenters. The molecule has 0 amide bonds. The number of hydrogen-bond donors (Lipinski definition) is 0. The van der Waals surface area contributed by atoms with E-state index in [1.165, 1.54) is 16.5 Å². The third kappa shape index (κ3) is 2.06. The highest BCUT2D eigenvalue weighted by Gasteiger charge is 2.14. The zero-order chi connectivity index (χ0) is 11.1. The molecule has 2 rings (SSSR count). The molecule has 0 aliphatic heterocycles. The van der Waals surface area contributed by atoms with Crippen LogP contribution in [0, 0.1) is 5.41 Å². The quantitative estimate of drug-likeness (QED) is 0.662. The van der Waals surface area contributed by atoms with Crippen LogP contribution in [0.2, 0.25) is 0 Å². The standard InChI is InChI=1S/C14H19N/c1-14(2,3)10-12-7-5-6-11-8-9-15(4)13(11)12/h5-9H,10H2,1-4H3. The first-order valence-corrected chi connectivity index (χ1v) is 5.50. The summed E-state index contributed by atoms with van der Waals surface area (Å²) in [4.78, 5) is 0. The van der Waals surface area contributed by atoms with E-state index in [2.05, 4.69) is 62.8 Å². The Bertz CT molecular complexity index is 472. The van der Waals surface area contributed by atoms with E-state index in [4.69, 9.17) is 0 Å². The first-order chi connectivity index (χ1) is 6.97. The third-order valence-corrected chi connectivity index (χ3v) is 2.70. The second kappa shape index (κ2) is 3.41. The molecule has 0 aliphatic carbocycles. The van der Waals surface area contributed by atoms with Gasteiger partial charge in [0.1, 0.15) is 0 Å². The molecule has 1 heterocycles. The number of benzene rings is 1. The molecule has 0 spiro atoms. The predicted octanol–water partition coefficient (Wildman–Crippen LogP) is 3.77. The summed E-state index contributed by atoms with van der Waals surface area (Å²) >= 11 is 0. The zero-order valence-corrected chi connectivity index (χ0v) is 10.0. The SMILES string of the molecule is Cn1ccc2cccc(CC(C)(C)C)c21. The fourth-order valence-corrected chi connectivity index (χ4v) is 2.16. The Morgan fingerprint density at radius 2 is 1.87 bits per heavy atom. The first-order valence-electron chi connectivity index (χ1n) is 5.50. The topological polar surface area (TPSA) is 4.93 Å². The molecular formula is C14H19N. The largest absolute Gasteiger partial charge is 0.350 e. The Labute approximate surface area is 91.7 Å². The van der Waals surface area contributed by atoms with E-state index in [0.717, 1.165) is 6.42 Å². The molecule has 0 saturated carbocycles. The van der Waals surface area contributed by atoms with Gasteiger partial charge in [-0.2, -0.15) is 0 Å². The molecule has 2 aromatic rings. The summed E-state index contributed by atoms with van der Waals surface area (Å²) in [7, 11) is 2.12. The van der Waals surface area contributed by atoms with Gasteiger partial charge in [-0.05, 0) is 28.9 Å². The van der Waals surface area contributed by atoms with Gasteiger partial charge >= 0.3 is 0 Å². The molecule has 1 heteroatoms. The Hall–Kier alpha value is -1.24. The van der Waals surface area contributed by atoms with Crippen molar-refractivity contribution in [1.29, 1.82) is 0 Å². The lowest BCUT2D eigenvalue weighted by molar-refractivity contribution is 0.412. The fourth-order valence-electron chi connectivity index (χ4n) is 2.16. The molecule has 0 bridgehead atoms. The predicted molar refractivity (Wildman–Crippen MR) is 66.1 cm³/mol. The highest BCUT2D eigenvalue weighted by Crippen LogP contribution is 2.26. The molecule has 0 N–H and O–H groups in total. The van der Waals surface area contributed by atoms with Crippen LogP contribution in [0.15, 0.2) is 30.5 Å². The van der Waals surface area contributed by atoms with Crippen molar-refractivity contribution < 1.29 is 0 Å². The second-order valence-corrected chi connectivity index (χ2v) is 5.52. The number of hydrogen-bond acceptors (Lipinski definition) is 0. The average Bonchev–Trinajstić information content (AvgIpc) is 2.46. The lowest BCUT2D eigenvalue weighted by Gasteiger charge is -2.19. The molecule has 0 aliphatic rings. The van der Waals surface area contributed by atoms with Gasteiger partial charge in [0.05, 0.1) is 5.52 Å². The molecule has 0 atom stereocenters. The molecular weight excluding hydrogens is 182 g/mol. The van der Waals surface area contributed by atoms with Gasteiger partial charge in [-0.25, -0.2) is 0 Å². The van der Waals surface area contributed by atoms with Crippen molar-refractivity contribution in [2.45, 2.75) is 27.2 Å². The molecule has 80 valence electrons. The summed E-state index contributed by atoms with van der Waals surface area (Å²) < 4.78 is 2.22. The maximum absolute atomic E-state index is 2.29. The van der Waals surface area contributed by atoms with Crippen LogP contribution in [0.3, 0.4) is 0 Å². The van der Waals surface area contributed by atoms with E-state index < -0.39 is 0 Å². The van der Waals surface area contributed by atoms with Crippen molar-refractivity contribution in [1.82, 2.24) is 4.57 Å². The van der Waals surface area contributed by atoms with Crippen molar-refractivity contribution in [2.75, 3.05) is 0 Å². The van der Waals surface area contributed by atoms with Crippen LogP contribution in [-0.2, 0) is 13.5 Å². The van der Waals surface area contributed by atoms with E-state index in [1.807, 2.05) is 0 Å². The Kier molecular flexibility index (Phi) is 2.34. The molecule has 0 radical (unpaired) electrons. The maximum Gasteiger partial charge on any atom is 0.0510 e. The average molecular weight is 201 g/mol. The van der Waals surface area contributed by atoms with Crippen molar-refractivity contribution in [3.63, 3.8) is 0 Å². The van der Waals surface area contributed by atoms with Crippen LogP contribution in [0.4, 0.5) is 0 Å². The number of nitrogens with zero attached hydrogens (tertiary/aromatic N) is 1. The summed E-state index contributed by atoms with van der Waals surface area (Å²) in [6, 6.07) is 8.76. The summed E-state index contributed by atoms with van der Waals surface area (Å²) in [5.74, 6) is 0. The van der Waals surface area contributed by atoms with E-state index in [-0.39, 0.29) is 0 Å². The fraction of sp³-hybridized carbons (Fsp3) is 0.429. The van der Waals surface area contributed by atoms with Crippen LogP contribution < -0.4 is 0 Å². The van der Waals surface area contributed by atoms with E-state index in [0.29, 0.717) is 5.41 Å². The summed E-state index contributed by atoms with van der Waals surface area (Å²) in [6.45, 7) is 6.86. The number of rotatable bonds is 1. The summed E-state index contributed by atoms with van der Waals surface area (Å²) in [5.41, 5.74) is 3.18. The molecule has 0 fully saturated rings. The van der Waals surface area contributed by atoms with Crippen LogP contribution in [0.1, 0.15) is 26.3 Å². The van der Waals surface area contributed by atoms with Crippen molar-refractivity contribution >= 4 is 10.9 Å². The van der Waals surface area contributed by atoms with E-state index in [1.54, 1.807) is 0 Å². The van der Waals surface area contributed by atoms with Gasteiger partial charge in [0.2, 0.25) is 0 Å². The van der Waals surface area contributed by atoms with Crippen LogP contribution in [-0.4, -0.2) is 4.57 Å². The smallest absolute Gasteiger partial charge is 0.0510 e. The summed E-state index contributed by atoms with van der Waals surface area (Å²) in [5, 5.41) is 1.35. The van der Waals surface area contributed by atoms with Gasteiger partial charge < -0.3 is 4.57 Å². The van der Waals surface area contributed by atoms with E-state index >= 15 is 0 Å². The lowest BCUT2D eigenvalue weighted by atomic mass is 9.87. The van der Waals surface area contributed by atoms with Crippen molar-refractivity contribution in [2.24, 2.45) is 12.5 Å². The van der Waals surface area contributed by atoms with Crippen LogP contribution >= 0.6 is 0 Å². The first kappa shape index (κ1) is 10.3. The number of fused-ring (bicyclic) bond motifs is 1. The molecule has 1 aromatic carbocycles. The monoisotopic (exact) mass is 201 g/mol. The number of aromatic nitrogens is 1. The molecule has 1 nitrogen and oxygen atoms in total. The van der Waals surface area contributed by atoms with Gasteiger partial charge in [0.15, 0.2) is 0 Å². The van der Waals surface area contributed by atoms with Gasteiger partial charge in [-0.3, -0.25) is 0 Å². The Morgan fingerprint density at radius 3 is 2.53 bits per heavy atom. The minimum Gasteiger partial charge on any atom is -0.350 e. The molecule has 15 heavy (non-hydrogen) atoms. The minimum atomic E-state index is 0.346. The maximum atomic E-state index is 2.29. The van der Waals surface area contributed by atoms with Crippen LogP contribution in [0.5, 0.6) is 0 Å². The van der Waals surface area contributed by atoms with Crippen molar-refractivity contribution in [3.05, 3.63) is 36.0 Å². The van der Waals surface area contributed by atoms with Gasteiger partial charge in [-0.15, -0.1) is 0 Å². The Morgan fingerprint density at radius 1 is 1.13 bits per heavy atom.